The molecule has 0 aliphatic carbocycles. The lowest BCUT2D eigenvalue weighted by atomic mass is 9.88. The molecule has 5 nitrogen and oxygen atoms in total. The maximum absolute atomic E-state index is 12.4. The average Bonchev–Trinajstić information content (AvgIpc) is 3.16. The number of carbonyl (C=O) groups is 1. The third-order valence-corrected chi connectivity index (χ3v) is 6.03. The van der Waals surface area contributed by atoms with Crippen LogP contribution >= 0.6 is 11.3 Å². The van der Waals surface area contributed by atoms with Crippen molar-refractivity contribution in [1.82, 2.24) is 5.32 Å². The Hall–Kier alpha value is -1.83. The van der Waals surface area contributed by atoms with Crippen LogP contribution in [-0.4, -0.2) is 31.3 Å². The highest BCUT2D eigenvalue weighted by Gasteiger charge is 2.52. The van der Waals surface area contributed by atoms with Crippen LogP contribution in [0, 0.1) is 0 Å². The van der Waals surface area contributed by atoms with Crippen molar-refractivity contribution in [3.63, 3.8) is 0 Å². The number of methoxy groups -OCH3 is 1. The predicted molar refractivity (Wildman–Crippen MR) is 104 cm³/mol. The smallest absolute Gasteiger partial charge is 0.497 e. The minimum Gasteiger partial charge on any atom is -0.497 e. The SMILES string of the molecule is COc1cccc(CNC(=O)c2ccc(B3OC(C)(C)C(C)(C)O3)s2)c1. The summed E-state index contributed by atoms with van der Waals surface area (Å²) in [7, 11) is 1.19. The maximum Gasteiger partial charge on any atom is 0.505 e. The lowest BCUT2D eigenvalue weighted by Crippen LogP contribution is -2.41. The molecular formula is C19H24BNO4S. The normalized spacial score (nSPS) is 18.0. The average molecular weight is 373 g/mol. The van der Waals surface area contributed by atoms with Gasteiger partial charge in [-0.05, 0) is 51.5 Å². The molecule has 3 rings (SSSR count). The number of benzene rings is 1. The van der Waals surface area contributed by atoms with E-state index in [-0.39, 0.29) is 5.91 Å². The molecule has 0 saturated carbocycles. The number of amides is 1. The summed E-state index contributed by atoms with van der Waals surface area (Å²) < 4.78 is 18.2. The van der Waals surface area contributed by atoms with Crippen molar-refractivity contribution < 1.29 is 18.8 Å². The van der Waals surface area contributed by atoms with E-state index in [1.807, 2.05) is 64.1 Å². The van der Waals surface area contributed by atoms with E-state index in [1.54, 1.807) is 7.11 Å². The van der Waals surface area contributed by atoms with Crippen molar-refractivity contribution in [3.05, 3.63) is 46.8 Å². The van der Waals surface area contributed by atoms with Crippen LogP contribution in [0.25, 0.3) is 0 Å². The number of hydrogen-bond acceptors (Lipinski definition) is 5. The summed E-state index contributed by atoms with van der Waals surface area (Å²) in [5, 5.41) is 2.94. The molecule has 1 saturated heterocycles. The van der Waals surface area contributed by atoms with Crippen molar-refractivity contribution in [1.29, 1.82) is 0 Å². The van der Waals surface area contributed by atoms with Gasteiger partial charge in [-0.1, -0.05) is 18.2 Å². The molecule has 0 spiro atoms. The molecule has 1 aromatic carbocycles. The van der Waals surface area contributed by atoms with E-state index in [0.717, 1.165) is 16.1 Å². The van der Waals surface area contributed by atoms with Crippen LogP contribution < -0.4 is 14.8 Å². The van der Waals surface area contributed by atoms with Gasteiger partial charge in [0.1, 0.15) is 5.75 Å². The predicted octanol–water partition coefficient (Wildman–Crippen LogP) is 2.99. The van der Waals surface area contributed by atoms with E-state index in [2.05, 4.69) is 5.32 Å². The standard InChI is InChI=1S/C19H24BNO4S/c1-18(2)19(3,4)25-20(24-18)16-10-9-15(26-16)17(22)21-12-13-7-6-8-14(11-13)23-5/h6-11H,12H2,1-5H3,(H,21,22). The van der Waals surface area contributed by atoms with E-state index >= 15 is 0 Å². The molecule has 1 amide bonds. The van der Waals surface area contributed by atoms with Gasteiger partial charge >= 0.3 is 7.12 Å². The summed E-state index contributed by atoms with van der Waals surface area (Å²) >= 11 is 1.40. The van der Waals surface area contributed by atoms with Crippen molar-refractivity contribution in [2.45, 2.75) is 45.4 Å². The number of hydrogen-bond donors (Lipinski definition) is 1. The summed E-state index contributed by atoms with van der Waals surface area (Å²) in [4.78, 5) is 13.1. The highest BCUT2D eigenvalue weighted by molar-refractivity contribution is 7.23. The van der Waals surface area contributed by atoms with Gasteiger partial charge in [0.25, 0.3) is 5.91 Å². The molecule has 2 aromatic rings. The molecule has 2 heterocycles. The molecule has 1 aromatic heterocycles. The fourth-order valence-electron chi connectivity index (χ4n) is 2.61. The van der Waals surface area contributed by atoms with Gasteiger partial charge in [0.2, 0.25) is 0 Å². The fraction of sp³-hybridized carbons (Fsp3) is 0.421. The Kier molecular flexibility index (Phi) is 5.15. The first-order chi connectivity index (χ1) is 12.2. The van der Waals surface area contributed by atoms with Gasteiger partial charge in [-0.2, -0.15) is 0 Å². The number of nitrogens with one attached hydrogen (secondary N) is 1. The molecule has 0 unspecified atom stereocenters. The van der Waals surface area contributed by atoms with Crippen LogP contribution in [0.3, 0.4) is 0 Å². The zero-order chi connectivity index (χ0) is 18.9. The van der Waals surface area contributed by atoms with Crippen LogP contribution in [0.1, 0.15) is 42.9 Å². The van der Waals surface area contributed by atoms with Gasteiger partial charge in [-0.3, -0.25) is 4.79 Å². The number of rotatable bonds is 5. The van der Waals surface area contributed by atoms with Gasteiger partial charge in [0.05, 0.1) is 23.2 Å². The quantitative estimate of drug-likeness (QED) is 0.819. The van der Waals surface area contributed by atoms with Crippen molar-refractivity contribution in [3.8, 4) is 5.75 Å². The summed E-state index contributed by atoms with van der Waals surface area (Å²) in [6.45, 7) is 8.51. The van der Waals surface area contributed by atoms with Crippen LogP contribution in [0.2, 0.25) is 0 Å². The Balaban J connectivity index is 1.63. The zero-order valence-corrected chi connectivity index (χ0v) is 16.6. The first-order valence-electron chi connectivity index (χ1n) is 8.58. The van der Waals surface area contributed by atoms with Crippen molar-refractivity contribution in [2.75, 3.05) is 7.11 Å². The molecule has 0 bridgehead atoms. The maximum atomic E-state index is 12.4. The third-order valence-electron chi connectivity index (χ3n) is 4.92. The van der Waals surface area contributed by atoms with Crippen LogP contribution in [0.15, 0.2) is 36.4 Å². The van der Waals surface area contributed by atoms with Crippen molar-refractivity contribution >= 4 is 29.1 Å². The van der Waals surface area contributed by atoms with E-state index in [9.17, 15) is 4.79 Å². The second-order valence-corrected chi connectivity index (χ2v) is 8.44. The lowest BCUT2D eigenvalue weighted by molar-refractivity contribution is 0.00578. The van der Waals surface area contributed by atoms with Crippen molar-refractivity contribution in [2.24, 2.45) is 0 Å². The molecule has 0 radical (unpaired) electrons. The Morgan fingerprint density at radius 2 is 1.85 bits per heavy atom. The van der Waals surface area contributed by atoms with Gasteiger partial charge in [-0.25, -0.2) is 0 Å². The third kappa shape index (κ3) is 3.80. The highest BCUT2D eigenvalue weighted by Crippen LogP contribution is 2.36. The molecule has 138 valence electrons. The number of carbonyl (C=O) groups excluding carboxylic acids is 1. The Morgan fingerprint density at radius 3 is 2.50 bits per heavy atom. The molecule has 26 heavy (non-hydrogen) atoms. The summed E-state index contributed by atoms with van der Waals surface area (Å²) in [5.74, 6) is 0.663. The Morgan fingerprint density at radius 1 is 1.15 bits per heavy atom. The summed E-state index contributed by atoms with van der Waals surface area (Å²) in [6, 6.07) is 11.3. The van der Waals surface area contributed by atoms with Crippen LogP contribution in [0.5, 0.6) is 5.75 Å². The van der Waals surface area contributed by atoms with Crippen LogP contribution in [-0.2, 0) is 15.9 Å². The molecule has 1 aliphatic rings. The van der Waals surface area contributed by atoms with Crippen LogP contribution in [0.4, 0.5) is 0 Å². The van der Waals surface area contributed by atoms with E-state index in [4.69, 9.17) is 14.0 Å². The molecule has 1 aliphatic heterocycles. The molecule has 1 N–H and O–H groups in total. The minimum atomic E-state index is -0.440. The first kappa shape index (κ1) is 19.0. The molecule has 0 atom stereocenters. The Labute approximate surface area is 158 Å². The first-order valence-corrected chi connectivity index (χ1v) is 9.40. The molecule has 1 fully saturated rings. The lowest BCUT2D eigenvalue weighted by Gasteiger charge is -2.32. The van der Waals surface area contributed by atoms with Gasteiger partial charge in [0, 0.05) is 11.3 Å². The van der Waals surface area contributed by atoms with Gasteiger partial charge in [-0.15, -0.1) is 11.3 Å². The minimum absolute atomic E-state index is 0.111. The second-order valence-electron chi connectivity index (χ2n) is 7.32. The van der Waals surface area contributed by atoms with E-state index in [0.29, 0.717) is 11.4 Å². The summed E-state index contributed by atoms with van der Waals surface area (Å²) in [6.07, 6.45) is 0. The highest BCUT2D eigenvalue weighted by atomic mass is 32.1. The van der Waals surface area contributed by atoms with E-state index in [1.165, 1.54) is 11.3 Å². The molecule has 7 heteroatoms. The fourth-order valence-corrected chi connectivity index (χ4v) is 3.50. The Bertz CT molecular complexity index is 786. The second kappa shape index (κ2) is 7.06. The number of ether oxygens (including phenoxy) is 1. The van der Waals surface area contributed by atoms with Gasteiger partial charge < -0.3 is 19.4 Å². The summed E-state index contributed by atoms with van der Waals surface area (Å²) in [5.41, 5.74) is 0.202. The zero-order valence-electron chi connectivity index (χ0n) is 15.8. The largest absolute Gasteiger partial charge is 0.505 e. The molecular weight excluding hydrogens is 349 g/mol. The monoisotopic (exact) mass is 373 g/mol. The number of thiophene rings is 1. The van der Waals surface area contributed by atoms with Gasteiger partial charge in [0.15, 0.2) is 0 Å². The topological polar surface area (TPSA) is 56.8 Å². The van der Waals surface area contributed by atoms with E-state index < -0.39 is 18.3 Å².